The number of nitrogens with zero attached hydrogens (tertiary/aromatic N) is 1. The van der Waals surface area contributed by atoms with Gasteiger partial charge >= 0.3 is 0 Å². The summed E-state index contributed by atoms with van der Waals surface area (Å²) >= 11 is 12.8. The standard InChI is InChI=1S/C21H23Cl2NO3/c1-13(2)16-12-14(6-9-18(16)26-3)27-20-17(22)8-7-15(19(20)23)21(25)24-10-4-5-11-24/h6-9,12-13H,4-5,10-11H2,1-3H3. The topological polar surface area (TPSA) is 38.8 Å². The van der Waals surface area contributed by atoms with Crippen molar-refractivity contribution in [3.63, 3.8) is 0 Å². The van der Waals surface area contributed by atoms with Crippen LogP contribution in [-0.2, 0) is 0 Å². The minimum absolute atomic E-state index is 0.0865. The number of carbonyl (C=O) groups excluding carboxylic acids is 1. The van der Waals surface area contributed by atoms with Crippen LogP contribution in [0.2, 0.25) is 10.0 Å². The van der Waals surface area contributed by atoms with Crippen molar-refractivity contribution in [2.45, 2.75) is 32.6 Å². The van der Waals surface area contributed by atoms with Crippen LogP contribution < -0.4 is 9.47 Å². The Hall–Kier alpha value is -1.91. The number of hydrogen-bond acceptors (Lipinski definition) is 3. The maximum atomic E-state index is 12.7. The summed E-state index contributed by atoms with van der Waals surface area (Å²) in [7, 11) is 1.64. The van der Waals surface area contributed by atoms with E-state index in [0.717, 1.165) is 37.2 Å². The van der Waals surface area contributed by atoms with E-state index >= 15 is 0 Å². The molecule has 1 saturated heterocycles. The van der Waals surface area contributed by atoms with Gasteiger partial charge in [0.05, 0.1) is 22.7 Å². The lowest BCUT2D eigenvalue weighted by molar-refractivity contribution is 0.0792. The van der Waals surface area contributed by atoms with E-state index in [4.69, 9.17) is 32.7 Å². The van der Waals surface area contributed by atoms with Crippen molar-refractivity contribution in [2.24, 2.45) is 0 Å². The first-order valence-electron chi connectivity index (χ1n) is 9.05. The SMILES string of the molecule is COc1ccc(Oc2c(Cl)ccc(C(=O)N3CCCC3)c2Cl)cc1C(C)C. The van der Waals surface area contributed by atoms with Gasteiger partial charge in [-0.05, 0) is 49.1 Å². The van der Waals surface area contributed by atoms with Gasteiger partial charge in [-0.3, -0.25) is 4.79 Å². The molecular formula is C21H23Cl2NO3. The molecule has 1 fully saturated rings. The molecule has 0 spiro atoms. The molecular weight excluding hydrogens is 385 g/mol. The van der Waals surface area contributed by atoms with Crippen molar-refractivity contribution in [1.82, 2.24) is 4.90 Å². The second-order valence-electron chi connectivity index (χ2n) is 6.90. The zero-order valence-electron chi connectivity index (χ0n) is 15.7. The Morgan fingerprint density at radius 2 is 1.81 bits per heavy atom. The summed E-state index contributed by atoms with van der Waals surface area (Å²) < 4.78 is 11.4. The van der Waals surface area contributed by atoms with Crippen molar-refractivity contribution in [3.8, 4) is 17.2 Å². The largest absolute Gasteiger partial charge is 0.496 e. The highest BCUT2D eigenvalue weighted by Crippen LogP contribution is 2.40. The van der Waals surface area contributed by atoms with Crippen LogP contribution in [0.25, 0.3) is 0 Å². The Morgan fingerprint density at radius 1 is 1.11 bits per heavy atom. The Kier molecular flexibility index (Phi) is 6.18. The van der Waals surface area contributed by atoms with Crippen LogP contribution in [0.1, 0.15) is 48.5 Å². The van der Waals surface area contributed by atoms with Crippen LogP contribution in [0.5, 0.6) is 17.2 Å². The fourth-order valence-corrected chi connectivity index (χ4v) is 3.76. The van der Waals surface area contributed by atoms with Gasteiger partial charge in [-0.25, -0.2) is 0 Å². The molecule has 0 atom stereocenters. The molecule has 0 radical (unpaired) electrons. The molecule has 27 heavy (non-hydrogen) atoms. The van der Waals surface area contributed by atoms with E-state index in [0.29, 0.717) is 22.1 Å². The monoisotopic (exact) mass is 407 g/mol. The van der Waals surface area contributed by atoms with Gasteiger partial charge in [-0.15, -0.1) is 0 Å². The van der Waals surface area contributed by atoms with E-state index in [2.05, 4.69) is 13.8 Å². The highest BCUT2D eigenvalue weighted by molar-refractivity contribution is 6.39. The molecule has 4 nitrogen and oxygen atoms in total. The molecule has 0 aliphatic carbocycles. The third-order valence-electron chi connectivity index (χ3n) is 4.72. The molecule has 1 aliphatic heterocycles. The van der Waals surface area contributed by atoms with Gasteiger partial charge in [0, 0.05) is 18.7 Å². The van der Waals surface area contributed by atoms with Gasteiger partial charge in [0.15, 0.2) is 5.75 Å². The second kappa shape index (κ2) is 8.41. The molecule has 2 aromatic rings. The molecule has 1 aliphatic rings. The summed E-state index contributed by atoms with van der Waals surface area (Å²) in [4.78, 5) is 14.5. The minimum Gasteiger partial charge on any atom is -0.496 e. The lowest BCUT2D eigenvalue weighted by Gasteiger charge is -2.19. The Morgan fingerprint density at radius 3 is 2.44 bits per heavy atom. The second-order valence-corrected chi connectivity index (χ2v) is 7.68. The molecule has 1 amide bonds. The van der Waals surface area contributed by atoms with Crippen molar-refractivity contribution >= 4 is 29.1 Å². The highest BCUT2D eigenvalue weighted by atomic mass is 35.5. The van der Waals surface area contributed by atoms with Crippen molar-refractivity contribution in [3.05, 3.63) is 51.5 Å². The number of methoxy groups -OCH3 is 1. The molecule has 2 aromatic carbocycles. The zero-order valence-corrected chi connectivity index (χ0v) is 17.2. The van der Waals surface area contributed by atoms with Crippen molar-refractivity contribution in [2.75, 3.05) is 20.2 Å². The average Bonchev–Trinajstić information content (AvgIpc) is 3.19. The van der Waals surface area contributed by atoms with E-state index in [1.54, 1.807) is 25.3 Å². The minimum atomic E-state index is -0.0865. The molecule has 0 N–H and O–H groups in total. The number of likely N-dealkylation sites (tertiary alicyclic amines) is 1. The fourth-order valence-electron chi connectivity index (χ4n) is 3.23. The number of ether oxygens (including phenoxy) is 2. The number of amides is 1. The van der Waals surface area contributed by atoms with E-state index in [-0.39, 0.29) is 16.8 Å². The zero-order chi connectivity index (χ0) is 19.6. The predicted molar refractivity (Wildman–Crippen MR) is 109 cm³/mol. The number of rotatable bonds is 5. The lowest BCUT2D eigenvalue weighted by Crippen LogP contribution is -2.27. The summed E-state index contributed by atoms with van der Waals surface area (Å²) in [5, 5.41) is 0.598. The quantitative estimate of drug-likeness (QED) is 0.595. The molecule has 0 bridgehead atoms. The maximum Gasteiger partial charge on any atom is 0.255 e. The van der Waals surface area contributed by atoms with Crippen LogP contribution in [0.4, 0.5) is 0 Å². The third kappa shape index (κ3) is 4.17. The first kappa shape index (κ1) is 19.8. The van der Waals surface area contributed by atoms with Crippen LogP contribution in [0.15, 0.2) is 30.3 Å². The first-order valence-corrected chi connectivity index (χ1v) is 9.81. The Bertz CT molecular complexity index is 846. The predicted octanol–water partition coefficient (Wildman–Crippen LogP) is 6.15. The number of hydrogen-bond donors (Lipinski definition) is 0. The van der Waals surface area contributed by atoms with Gasteiger partial charge < -0.3 is 14.4 Å². The molecule has 0 aromatic heterocycles. The summed E-state index contributed by atoms with van der Waals surface area (Å²) in [6, 6.07) is 8.87. The summed E-state index contributed by atoms with van der Waals surface area (Å²) in [6.07, 6.45) is 2.04. The summed E-state index contributed by atoms with van der Waals surface area (Å²) in [5.41, 5.74) is 1.43. The van der Waals surface area contributed by atoms with E-state index < -0.39 is 0 Å². The summed E-state index contributed by atoms with van der Waals surface area (Å²) in [5.74, 6) is 1.86. The average molecular weight is 408 g/mol. The lowest BCUT2D eigenvalue weighted by atomic mass is 10.0. The molecule has 3 rings (SSSR count). The van der Waals surface area contributed by atoms with Gasteiger partial charge in [0.25, 0.3) is 5.91 Å². The molecule has 0 saturated carbocycles. The fraction of sp³-hybridized carbons (Fsp3) is 0.381. The molecule has 1 heterocycles. The third-order valence-corrected chi connectivity index (χ3v) is 5.39. The van der Waals surface area contributed by atoms with Crippen LogP contribution >= 0.6 is 23.2 Å². The number of carbonyl (C=O) groups is 1. The van der Waals surface area contributed by atoms with Gasteiger partial charge in [0.1, 0.15) is 11.5 Å². The van der Waals surface area contributed by atoms with Gasteiger partial charge in [-0.1, -0.05) is 37.0 Å². The van der Waals surface area contributed by atoms with Crippen LogP contribution in [-0.4, -0.2) is 31.0 Å². The van der Waals surface area contributed by atoms with Gasteiger partial charge in [0.2, 0.25) is 0 Å². The van der Waals surface area contributed by atoms with Crippen molar-refractivity contribution < 1.29 is 14.3 Å². The smallest absolute Gasteiger partial charge is 0.255 e. The number of halogens is 2. The van der Waals surface area contributed by atoms with E-state index in [1.807, 2.05) is 17.0 Å². The number of benzene rings is 2. The van der Waals surface area contributed by atoms with E-state index in [9.17, 15) is 4.79 Å². The summed E-state index contributed by atoms with van der Waals surface area (Å²) in [6.45, 7) is 5.67. The van der Waals surface area contributed by atoms with E-state index in [1.165, 1.54) is 0 Å². The Balaban J connectivity index is 1.94. The molecule has 0 unspecified atom stereocenters. The van der Waals surface area contributed by atoms with Crippen LogP contribution in [0.3, 0.4) is 0 Å². The van der Waals surface area contributed by atoms with Gasteiger partial charge in [-0.2, -0.15) is 0 Å². The van der Waals surface area contributed by atoms with Crippen LogP contribution in [0, 0.1) is 0 Å². The molecule has 144 valence electrons. The normalized spacial score (nSPS) is 13.9. The first-order chi connectivity index (χ1) is 12.9. The Labute approximate surface area is 170 Å². The molecule has 6 heteroatoms. The maximum absolute atomic E-state index is 12.7. The highest BCUT2D eigenvalue weighted by Gasteiger charge is 2.24. The van der Waals surface area contributed by atoms with Crippen molar-refractivity contribution in [1.29, 1.82) is 0 Å².